The average Bonchev–Trinajstić information content (AvgIpc) is 2.89. The fourth-order valence-electron chi connectivity index (χ4n) is 4.39. The van der Waals surface area contributed by atoms with Crippen LogP contribution < -0.4 is 5.73 Å². The molecule has 4 rings (SSSR count). The minimum absolute atomic E-state index is 0.0100. The molecule has 1 aliphatic rings. The zero-order chi connectivity index (χ0) is 23.9. The number of hydrogen-bond donors (Lipinski definition) is 2. The van der Waals surface area contributed by atoms with Crippen LogP contribution in [0.25, 0.3) is 0 Å². The van der Waals surface area contributed by atoms with Gasteiger partial charge in [0.05, 0.1) is 18.8 Å². The van der Waals surface area contributed by atoms with Crippen molar-refractivity contribution in [3.05, 3.63) is 101 Å². The Balaban J connectivity index is 1.51. The first kappa shape index (κ1) is 24.5. The number of rotatable bonds is 9. The Morgan fingerprint density at radius 1 is 0.941 bits per heavy atom. The molecule has 0 bridgehead atoms. The molecule has 6 nitrogen and oxygen atoms in total. The quantitative estimate of drug-likeness (QED) is 0.501. The smallest absolute Gasteiger partial charge is 0.184 e. The number of likely N-dealkylation sites (N-methyl/N-ethyl adjacent to an activating group) is 1. The molecule has 2 heterocycles. The number of aromatic nitrogens is 1. The average molecular weight is 462 g/mol. The molecule has 0 amide bonds. The minimum Gasteiger partial charge on any atom is -0.392 e. The maximum Gasteiger partial charge on any atom is 0.184 e. The van der Waals surface area contributed by atoms with Crippen LogP contribution in [0.2, 0.25) is 0 Å². The summed E-state index contributed by atoms with van der Waals surface area (Å²) in [5.74, 6) is 0.150. The Labute approximate surface area is 202 Å². The molecule has 34 heavy (non-hydrogen) atoms. The molecule has 0 spiro atoms. The van der Waals surface area contributed by atoms with E-state index < -0.39 is 6.29 Å². The summed E-state index contributed by atoms with van der Waals surface area (Å²) in [7, 11) is 2.13. The van der Waals surface area contributed by atoms with E-state index in [0.717, 1.165) is 47.5 Å². The third-order valence-corrected chi connectivity index (χ3v) is 6.58. The molecule has 1 saturated heterocycles. The highest BCUT2D eigenvalue weighted by Crippen LogP contribution is 2.41. The zero-order valence-electron chi connectivity index (χ0n) is 20.0. The first-order valence-corrected chi connectivity index (χ1v) is 12.0. The number of benzene rings is 2. The van der Waals surface area contributed by atoms with Crippen molar-refractivity contribution in [3.63, 3.8) is 0 Å². The van der Waals surface area contributed by atoms with E-state index in [1.807, 2.05) is 54.7 Å². The summed E-state index contributed by atoms with van der Waals surface area (Å²) in [5, 5.41) is 9.43. The summed E-state index contributed by atoms with van der Waals surface area (Å²) in [5.41, 5.74) is 10.9. The van der Waals surface area contributed by atoms with E-state index in [4.69, 9.17) is 15.2 Å². The predicted molar refractivity (Wildman–Crippen MR) is 133 cm³/mol. The highest BCUT2D eigenvalue weighted by atomic mass is 16.7. The Hall–Kier alpha value is -2.61. The lowest BCUT2D eigenvalue weighted by molar-refractivity contribution is -0.275. The van der Waals surface area contributed by atoms with Gasteiger partial charge in [-0.1, -0.05) is 61.5 Å². The van der Waals surface area contributed by atoms with Gasteiger partial charge in [-0.15, -0.1) is 0 Å². The van der Waals surface area contributed by atoms with Crippen molar-refractivity contribution in [3.8, 4) is 0 Å². The van der Waals surface area contributed by atoms with Crippen molar-refractivity contribution in [1.82, 2.24) is 9.88 Å². The largest absolute Gasteiger partial charge is 0.392 e. The Morgan fingerprint density at radius 3 is 2.29 bits per heavy atom. The third kappa shape index (κ3) is 6.09. The lowest BCUT2D eigenvalue weighted by Crippen LogP contribution is -2.43. The SMILES string of the molecule is C[C@H]1[C@@H](CN(C)CCc2ccccn2)OC(c2ccc(CN)cc2)O[C@H]1c1ccc(CO)cc1. The molecule has 0 aliphatic carbocycles. The van der Waals surface area contributed by atoms with Gasteiger partial charge >= 0.3 is 0 Å². The van der Waals surface area contributed by atoms with Crippen molar-refractivity contribution in [1.29, 1.82) is 0 Å². The molecule has 1 aromatic heterocycles. The Kier molecular flexibility index (Phi) is 8.43. The molecule has 3 N–H and O–H groups in total. The van der Waals surface area contributed by atoms with Crippen LogP contribution in [0.3, 0.4) is 0 Å². The topological polar surface area (TPSA) is 80.8 Å². The predicted octanol–water partition coefficient (Wildman–Crippen LogP) is 4.00. The van der Waals surface area contributed by atoms with Gasteiger partial charge in [-0.25, -0.2) is 0 Å². The molecular formula is C28H35N3O3. The van der Waals surface area contributed by atoms with Crippen LogP contribution in [0.1, 0.15) is 47.3 Å². The van der Waals surface area contributed by atoms with E-state index in [0.29, 0.717) is 6.54 Å². The standard InChI is InChI=1S/C28H35N3O3/c1-20-26(18-31(2)16-14-25-5-3-4-15-30-25)33-28(24-12-6-21(17-29)7-13-24)34-27(20)23-10-8-22(19-32)9-11-23/h3-13,15,20,26-28,32H,14,16-19,29H2,1-2H3/t20-,26+,27+,28?/m0/s1. The summed E-state index contributed by atoms with van der Waals surface area (Å²) in [6, 6.07) is 22.2. The van der Waals surface area contributed by atoms with E-state index in [2.05, 4.69) is 42.1 Å². The van der Waals surface area contributed by atoms with Crippen LogP contribution in [-0.4, -0.2) is 41.2 Å². The number of hydrogen-bond acceptors (Lipinski definition) is 6. The first-order valence-electron chi connectivity index (χ1n) is 12.0. The van der Waals surface area contributed by atoms with Gasteiger partial charge < -0.3 is 25.2 Å². The van der Waals surface area contributed by atoms with Crippen molar-refractivity contribution in [2.24, 2.45) is 11.7 Å². The molecule has 4 atom stereocenters. The fourth-order valence-corrected chi connectivity index (χ4v) is 4.39. The van der Waals surface area contributed by atoms with E-state index in [1.165, 1.54) is 0 Å². The van der Waals surface area contributed by atoms with Crippen LogP contribution in [0, 0.1) is 5.92 Å². The van der Waals surface area contributed by atoms with Crippen LogP contribution in [0.4, 0.5) is 0 Å². The van der Waals surface area contributed by atoms with Gasteiger partial charge in [0.25, 0.3) is 0 Å². The number of pyridine rings is 1. The molecule has 0 radical (unpaired) electrons. The van der Waals surface area contributed by atoms with Crippen molar-refractivity contribution < 1.29 is 14.6 Å². The maximum absolute atomic E-state index is 9.43. The number of aliphatic hydroxyl groups is 1. The third-order valence-electron chi connectivity index (χ3n) is 6.58. The first-order chi connectivity index (χ1) is 16.6. The summed E-state index contributed by atoms with van der Waals surface area (Å²) < 4.78 is 13.0. The summed E-state index contributed by atoms with van der Waals surface area (Å²) >= 11 is 0. The molecule has 1 aliphatic heterocycles. The number of ether oxygens (including phenoxy) is 2. The van der Waals surface area contributed by atoms with Gasteiger partial charge in [0.15, 0.2) is 6.29 Å². The zero-order valence-corrected chi connectivity index (χ0v) is 20.0. The Bertz CT molecular complexity index is 1010. The molecule has 3 aromatic rings. The Morgan fingerprint density at radius 2 is 1.65 bits per heavy atom. The molecular weight excluding hydrogens is 426 g/mol. The monoisotopic (exact) mass is 461 g/mol. The number of nitrogens with zero attached hydrogens (tertiary/aromatic N) is 2. The second-order valence-corrected chi connectivity index (χ2v) is 9.10. The van der Waals surface area contributed by atoms with Crippen LogP contribution >= 0.6 is 0 Å². The van der Waals surface area contributed by atoms with Crippen LogP contribution in [0.5, 0.6) is 0 Å². The molecule has 1 unspecified atom stereocenters. The summed E-state index contributed by atoms with van der Waals surface area (Å²) in [6.07, 6.45) is 2.15. The van der Waals surface area contributed by atoms with Gasteiger partial charge in [-0.05, 0) is 35.9 Å². The van der Waals surface area contributed by atoms with Crippen molar-refractivity contribution >= 4 is 0 Å². The molecule has 0 saturated carbocycles. The van der Waals surface area contributed by atoms with Gasteiger partial charge in [0.2, 0.25) is 0 Å². The van der Waals surface area contributed by atoms with Crippen LogP contribution in [0.15, 0.2) is 72.9 Å². The van der Waals surface area contributed by atoms with E-state index >= 15 is 0 Å². The van der Waals surface area contributed by atoms with Gasteiger partial charge in [0, 0.05) is 49.4 Å². The van der Waals surface area contributed by atoms with Crippen molar-refractivity contribution in [2.75, 3.05) is 20.1 Å². The lowest BCUT2D eigenvalue weighted by Gasteiger charge is -2.42. The molecule has 180 valence electrons. The lowest BCUT2D eigenvalue weighted by atomic mass is 9.90. The van der Waals surface area contributed by atoms with Crippen molar-refractivity contribution in [2.45, 2.75) is 45.0 Å². The number of aliphatic hydroxyl groups excluding tert-OH is 1. The second kappa shape index (κ2) is 11.7. The molecule has 2 aromatic carbocycles. The van der Waals surface area contributed by atoms with E-state index in [9.17, 15) is 5.11 Å². The van der Waals surface area contributed by atoms with E-state index in [1.54, 1.807) is 0 Å². The summed E-state index contributed by atoms with van der Waals surface area (Å²) in [4.78, 5) is 6.75. The van der Waals surface area contributed by atoms with Gasteiger partial charge in [-0.2, -0.15) is 0 Å². The van der Waals surface area contributed by atoms with Gasteiger partial charge in [0.1, 0.15) is 0 Å². The maximum atomic E-state index is 9.43. The minimum atomic E-state index is -0.459. The highest BCUT2D eigenvalue weighted by Gasteiger charge is 2.38. The van der Waals surface area contributed by atoms with E-state index in [-0.39, 0.29) is 24.7 Å². The fraction of sp³-hybridized carbons (Fsp3) is 0.393. The highest BCUT2D eigenvalue weighted by molar-refractivity contribution is 5.27. The van der Waals surface area contributed by atoms with Gasteiger partial charge in [-0.3, -0.25) is 4.98 Å². The summed E-state index contributed by atoms with van der Waals surface area (Å²) in [6.45, 7) is 4.42. The van der Waals surface area contributed by atoms with Crippen LogP contribution in [-0.2, 0) is 29.0 Å². The second-order valence-electron chi connectivity index (χ2n) is 9.10. The normalized spacial score (nSPS) is 22.7. The molecule has 1 fully saturated rings. The molecule has 6 heteroatoms. The number of nitrogens with two attached hydrogens (primary N) is 1.